The Kier molecular flexibility index (Phi) is 6.17. The number of carbonyl (C=O) groups is 3. The molecule has 1 fully saturated rings. The average Bonchev–Trinajstić information content (AvgIpc) is 2.76. The highest BCUT2D eigenvalue weighted by atomic mass is 16.5. The lowest BCUT2D eigenvalue weighted by Crippen LogP contribution is -2.40. The first kappa shape index (κ1) is 16.2. The van der Waals surface area contributed by atoms with Gasteiger partial charge in [-0.05, 0) is 0 Å². The van der Waals surface area contributed by atoms with Crippen molar-refractivity contribution in [2.45, 2.75) is 6.42 Å². The van der Waals surface area contributed by atoms with Gasteiger partial charge in [0.2, 0.25) is 11.8 Å². The number of ether oxygens (including phenoxy) is 1. The van der Waals surface area contributed by atoms with Crippen LogP contribution < -0.4 is 0 Å². The third-order valence-electron chi connectivity index (χ3n) is 3.12. The smallest absolute Gasteiger partial charge is 0.323 e. The van der Waals surface area contributed by atoms with Gasteiger partial charge in [-0.3, -0.25) is 14.4 Å². The molecule has 1 N–H and O–H groups in total. The molecule has 0 radical (unpaired) electrons. The predicted molar refractivity (Wildman–Crippen MR) is 71.0 cm³/mol. The van der Waals surface area contributed by atoms with Gasteiger partial charge in [-0.1, -0.05) is 6.08 Å². The van der Waals surface area contributed by atoms with E-state index >= 15 is 0 Å². The Hall–Kier alpha value is -1.89. The number of hydrogen-bond acceptors (Lipinski definition) is 4. The van der Waals surface area contributed by atoms with Gasteiger partial charge < -0.3 is 19.6 Å². The molecule has 1 heterocycles. The van der Waals surface area contributed by atoms with Crippen molar-refractivity contribution in [1.82, 2.24) is 9.80 Å². The van der Waals surface area contributed by atoms with Crippen molar-refractivity contribution >= 4 is 17.8 Å². The molecule has 0 bridgehead atoms. The summed E-state index contributed by atoms with van der Waals surface area (Å²) in [5, 5.41) is 8.80. The summed E-state index contributed by atoms with van der Waals surface area (Å²) in [5.74, 6) is -1.99. The Morgan fingerprint density at radius 3 is 2.85 bits per heavy atom. The van der Waals surface area contributed by atoms with E-state index in [2.05, 4.69) is 6.58 Å². The first-order chi connectivity index (χ1) is 9.49. The number of nitrogens with zero attached hydrogens (tertiary/aromatic N) is 2. The lowest BCUT2D eigenvalue weighted by atomic mass is 10.1. The fourth-order valence-electron chi connectivity index (χ4n) is 2.16. The van der Waals surface area contributed by atoms with Crippen LogP contribution in [0.4, 0.5) is 0 Å². The summed E-state index contributed by atoms with van der Waals surface area (Å²) in [6, 6.07) is 0. The van der Waals surface area contributed by atoms with Crippen LogP contribution in [0.15, 0.2) is 12.7 Å². The van der Waals surface area contributed by atoms with Crippen molar-refractivity contribution in [3.05, 3.63) is 12.7 Å². The van der Waals surface area contributed by atoms with Gasteiger partial charge >= 0.3 is 5.97 Å². The van der Waals surface area contributed by atoms with E-state index in [0.29, 0.717) is 19.7 Å². The van der Waals surface area contributed by atoms with Gasteiger partial charge in [-0.2, -0.15) is 0 Å². The average molecular weight is 284 g/mol. The van der Waals surface area contributed by atoms with E-state index in [1.54, 1.807) is 12.0 Å². The Labute approximate surface area is 117 Å². The quantitative estimate of drug-likeness (QED) is 0.612. The molecule has 1 saturated heterocycles. The van der Waals surface area contributed by atoms with Crippen LogP contribution in [0.3, 0.4) is 0 Å². The Morgan fingerprint density at radius 1 is 1.60 bits per heavy atom. The van der Waals surface area contributed by atoms with E-state index in [1.165, 1.54) is 11.0 Å². The predicted octanol–water partition coefficient (Wildman–Crippen LogP) is -0.419. The molecule has 7 heteroatoms. The first-order valence-corrected chi connectivity index (χ1v) is 6.37. The SMILES string of the molecule is C=CCN(CC(=O)O)C(=O)C1CC(=O)N(CCOC)C1. The summed E-state index contributed by atoms with van der Waals surface area (Å²) in [6.45, 7) is 4.46. The van der Waals surface area contributed by atoms with Crippen LogP contribution in [0.2, 0.25) is 0 Å². The zero-order valence-electron chi connectivity index (χ0n) is 11.6. The molecule has 0 aromatic rings. The van der Waals surface area contributed by atoms with Gasteiger partial charge in [0.05, 0.1) is 12.5 Å². The normalized spacial score (nSPS) is 18.1. The molecule has 112 valence electrons. The minimum absolute atomic E-state index is 0.103. The molecule has 1 aliphatic heterocycles. The Bertz CT molecular complexity index is 396. The number of hydrogen-bond donors (Lipinski definition) is 1. The lowest BCUT2D eigenvalue weighted by Gasteiger charge is -2.22. The molecule has 0 aromatic carbocycles. The van der Waals surface area contributed by atoms with Crippen LogP contribution in [-0.4, -0.2) is 72.6 Å². The summed E-state index contributed by atoms with van der Waals surface area (Å²) in [6.07, 6.45) is 1.59. The highest BCUT2D eigenvalue weighted by Crippen LogP contribution is 2.20. The van der Waals surface area contributed by atoms with E-state index in [1.807, 2.05) is 0 Å². The van der Waals surface area contributed by atoms with Gasteiger partial charge in [0.1, 0.15) is 6.54 Å². The molecule has 1 rings (SSSR count). The molecule has 0 aromatic heterocycles. The largest absolute Gasteiger partial charge is 0.480 e. The van der Waals surface area contributed by atoms with Crippen LogP contribution in [0.25, 0.3) is 0 Å². The molecule has 0 saturated carbocycles. The number of aliphatic carboxylic acids is 1. The number of methoxy groups -OCH3 is 1. The van der Waals surface area contributed by atoms with Crippen molar-refractivity contribution in [1.29, 1.82) is 0 Å². The van der Waals surface area contributed by atoms with E-state index in [-0.39, 0.29) is 31.3 Å². The van der Waals surface area contributed by atoms with Crippen molar-refractivity contribution in [2.75, 3.05) is 39.9 Å². The molecule has 7 nitrogen and oxygen atoms in total. The third kappa shape index (κ3) is 4.34. The lowest BCUT2D eigenvalue weighted by molar-refractivity contribution is -0.145. The van der Waals surface area contributed by atoms with Crippen LogP contribution in [0.1, 0.15) is 6.42 Å². The molecule has 1 unspecified atom stereocenters. The van der Waals surface area contributed by atoms with E-state index in [4.69, 9.17) is 9.84 Å². The highest BCUT2D eigenvalue weighted by molar-refractivity contribution is 5.90. The molecule has 0 aliphatic carbocycles. The monoisotopic (exact) mass is 284 g/mol. The minimum atomic E-state index is -1.08. The van der Waals surface area contributed by atoms with Crippen molar-refractivity contribution in [3.63, 3.8) is 0 Å². The van der Waals surface area contributed by atoms with Crippen LogP contribution in [-0.2, 0) is 19.1 Å². The van der Waals surface area contributed by atoms with Crippen molar-refractivity contribution < 1.29 is 24.2 Å². The highest BCUT2D eigenvalue weighted by Gasteiger charge is 2.36. The maximum atomic E-state index is 12.2. The molecule has 2 amide bonds. The van der Waals surface area contributed by atoms with Crippen LogP contribution in [0.5, 0.6) is 0 Å². The minimum Gasteiger partial charge on any atom is -0.480 e. The topological polar surface area (TPSA) is 87.2 Å². The van der Waals surface area contributed by atoms with Gasteiger partial charge in [0.15, 0.2) is 0 Å². The fourth-order valence-corrected chi connectivity index (χ4v) is 2.16. The number of amides is 2. The Balaban J connectivity index is 2.64. The second-order valence-corrected chi connectivity index (χ2v) is 4.63. The van der Waals surface area contributed by atoms with Gasteiger partial charge in [-0.15, -0.1) is 6.58 Å². The first-order valence-electron chi connectivity index (χ1n) is 6.37. The van der Waals surface area contributed by atoms with Crippen LogP contribution in [0, 0.1) is 5.92 Å². The van der Waals surface area contributed by atoms with Crippen LogP contribution >= 0.6 is 0 Å². The molecular weight excluding hydrogens is 264 g/mol. The summed E-state index contributed by atoms with van der Waals surface area (Å²) in [4.78, 5) is 37.5. The van der Waals surface area contributed by atoms with Gasteiger partial charge in [-0.25, -0.2) is 0 Å². The zero-order valence-corrected chi connectivity index (χ0v) is 11.6. The summed E-state index contributed by atoms with van der Waals surface area (Å²) < 4.78 is 4.91. The number of rotatable bonds is 8. The molecular formula is C13H20N2O5. The number of carbonyl (C=O) groups excluding carboxylic acids is 2. The Morgan fingerprint density at radius 2 is 2.30 bits per heavy atom. The van der Waals surface area contributed by atoms with E-state index in [0.717, 1.165) is 0 Å². The second-order valence-electron chi connectivity index (χ2n) is 4.63. The maximum absolute atomic E-state index is 12.2. The number of likely N-dealkylation sites (tertiary alicyclic amines) is 1. The van der Waals surface area contributed by atoms with Gasteiger partial charge in [0.25, 0.3) is 0 Å². The fraction of sp³-hybridized carbons (Fsp3) is 0.615. The zero-order chi connectivity index (χ0) is 15.1. The number of carboxylic acids is 1. The summed E-state index contributed by atoms with van der Waals surface area (Å²) >= 11 is 0. The maximum Gasteiger partial charge on any atom is 0.323 e. The van der Waals surface area contributed by atoms with Crippen molar-refractivity contribution in [2.24, 2.45) is 5.92 Å². The molecule has 20 heavy (non-hydrogen) atoms. The van der Waals surface area contributed by atoms with Crippen molar-refractivity contribution in [3.8, 4) is 0 Å². The molecule has 1 atom stereocenters. The van der Waals surface area contributed by atoms with E-state index < -0.39 is 11.9 Å². The number of carboxylic acid groups (broad SMARTS) is 1. The molecule has 0 spiro atoms. The van der Waals surface area contributed by atoms with E-state index in [9.17, 15) is 14.4 Å². The molecule has 1 aliphatic rings. The summed E-state index contributed by atoms with van der Waals surface area (Å²) in [7, 11) is 1.54. The summed E-state index contributed by atoms with van der Waals surface area (Å²) in [5.41, 5.74) is 0. The standard InChI is InChI=1S/C13H20N2O5/c1-3-4-15(9-12(17)18)13(19)10-7-11(16)14(8-10)5-6-20-2/h3,10H,1,4-9H2,2H3,(H,17,18). The second kappa shape index (κ2) is 7.64. The third-order valence-corrected chi connectivity index (χ3v) is 3.12. The van der Waals surface area contributed by atoms with Gasteiger partial charge in [0, 0.05) is 33.2 Å².